The van der Waals surface area contributed by atoms with Gasteiger partial charge in [-0.1, -0.05) is 12.1 Å². The SMILES string of the molecule is CSc1ccccc1C(=O)NC(C)(C)CCC(=O)O. The number of benzene rings is 1. The van der Waals surface area contributed by atoms with E-state index in [-0.39, 0.29) is 12.3 Å². The van der Waals surface area contributed by atoms with Gasteiger partial charge in [0.25, 0.3) is 5.91 Å². The molecule has 104 valence electrons. The second-order valence-corrected chi connectivity index (χ2v) is 5.78. The molecular formula is C14H19NO3S. The predicted molar refractivity (Wildman–Crippen MR) is 76.6 cm³/mol. The molecule has 1 rings (SSSR count). The molecule has 0 radical (unpaired) electrons. The van der Waals surface area contributed by atoms with Crippen molar-refractivity contribution < 1.29 is 14.7 Å². The Hall–Kier alpha value is -1.49. The van der Waals surface area contributed by atoms with Gasteiger partial charge in [-0.25, -0.2) is 0 Å². The molecule has 0 saturated heterocycles. The van der Waals surface area contributed by atoms with E-state index in [4.69, 9.17) is 5.11 Å². The van der Waals surface area contributed by atoms with Gasteiger partial charge < -0.3 is 10.4 Å². The van der Waals surface area contributed by atoms with Gasteiger partial charge in [0.05, 0.1) is 5.56 Å². The van der Waals surface area contributed by atoms with Crippen molar-refractivity contribution in [2.24, 2.45) is 0 Å². The van der Waals surface area contributed by atoms with Crippen LogP contribution in [-0.2, 0) is 4.79 Å². The van der Waals surface area contributed by atoms with Gasteiger partial charge >= 0.3 is 5.97 Å². The first kappa shape index (κ1) is 15.6. The summed E-state index contributed by atoms with van der Waals surface area (Å²) in [6, 6.07) is 7.37. The van der Waals surface area contributed by atoms with Gasteiger partial charge in [-0.3, -0.25) is 9.59 Å². The van der Waals surface area contributed by atoms with E-state index in [1.807, 2.05) is 38.3 Å². The minimum atomic E-state index is -0.855. The van der Waals surface area contributed by atoms with Crippen molar-refractivity contribution >= 4 is 23.6 Å². The highest BCUT2D eigenvalue weighted by molar-refractivity contribution is 7.98. The molecule has 0 aliphatic rings. The molecule has 0 saturated carbocycles. The molecule has 0 aliphatic heterocycles. The average molecular weight is 281 g/mol. The summed E-state index contributed by atoms with van der Waals surface area (Å²) in [5, 5.41) is 11.6. The van der Waals surface area contributed by atoms with Crippen molar-refractivity contribution in [2.75, 3.05) is 6.26 Å². The zero-order valence-corrected chi connectivity index (χ0v) is 12.2. The molecule has 4 nitrogen and oxygen atoms in total. The van der Waals surface area contributed by atoms with E-state index in [9.17, 15) is 9.59 Å². The predicted octanol–water partition coefficient (Wildman–Crippen LogP) is 2.78. The third-order valence-corrected chi connectivity index (χ3v) is 3.56. The molecule has 1 aromatic rings. The van der Waals surface area contributed by atoms with E-state index >= 15 is 0 Å². The van der Waals surface area contributed by atoms with Crippen molar-refractivity contribution in [1.82, 2.24) is 5.32 Å². The topological polar surface area (TPSA) is 66.4 Å². The zero-order valence-electron chi connectivity index (χ0n) is 11.4. The van der Waals surface area contributed by atoms with Crippen molar-refractivity contribution in [3.05, 3.63) is 29.8 Å². The van der Waals surface area contributed by atoms with E-state index in [2.05, 4.69) is 5.32 Å². The van der Waals surface area contributed by atoms with E-state index in [1.165, 1.54) is 11.8 Å². The monoisotopic (exact) mass is 281 g/mol. The fourth-order valence-corrected chi connectivity index (χ4v) is 2.28. The zero-order chi connectivity index (χ0) is 14.5. The van der Waals surface area contributed by atoms with Gasteiger partial charge in [0.15, 0.2) is 0 Å². The summed E-state index contributed by atoms with van der Waals surface area (Å²) < 4.78 is 0. The van der Waals surface area contributed by atoms with Gasteiger partial charge in [-0.2, -0.15) is 0 Å². The molecular weight excluding hydrogens is 262 g/mol. The summed E-state index contributed by atoms with van der Waals surface area (Å²) >= 11 is 1.51. The number of rotatable bonds is 6. The second kappa shape index (κ2) is 6.61. The molecule has 0 spiro atoms. The lowest BCUT2D eigenvalue weighted by Gasteiger charge is -2.26. The van der Waals surface area contributed by atoms with Crippen LogP contribution < -0.4 is 5.32 Å². The van der Waals surface area contributed by atoms with Crippen molar-refractivity contribution in [3.8, 4) is 0 Å². The maximum absolute atomic E-state index is 12.2. The van der Waals surface area contributed by atoms with Crippen LogP contribution in [0.5, 0.6) is 0 Å². The van der Waals surface area contributed by atoms with E-state index in [0.717, 1.165) is 4.90 Å². The first-order chi connectivity index (χ1) is 8.85. The lowest BCUT2D eigenvalue weighted by molar-refractivity contribution is -0.137. The number of aliphatic carboxylic acids is 1. The first-order valence-electron chi connectivity index (χ1n) is 6.03. The highest BCUT2D eigenvalue weighted by Gasteiger charge is 2.23. The summed E-state index contributed by atoms with van der Waals surface area (Å²) in [4.78, 5) is 23.7. The lowest BCUT2D eigenvalue weighted by atomic mass is 9.98. The van der Waals surface area contributed by atoms with Gasteiger partial charge in [0.1, 0.15) is 0 Å². The van der Waals surface area contributed by atoms with Crippen LogP contribution in [0.2, 0.25) is 0 Å². The molecule has 2 N–H and O–H groups in total. The van der Waals surface area contributed by atoms with Gasteiger partial charge in [-0.15, -0.1) is 11.8 Å². The van der Waals surface area contributed by atoms with Crippen LogP contribution in [0.1, 0.15) is 37.0 Å². The van der Waals surface area contributed by atoms with Gasteiger partial charge in [0.2, 0.25) is 0 Å². The van der Waals surface area contributed by atoms with Crippen molar-refractivity contribution in [2.45, 2.75) is 37.1 Å². The minimum absolute atomic E-state index is 0.0391. The molecule has 19 heavy (non-hydrogen) atoms. The highest BCUT2D eigenvalue weighted by Crippen LogP contribution is 2.21. The average Bonchev–Trinajstić information content (AvgIpc) is 2.36. The fourth-order valence-electron chi connectivity index (χ4n) is 1.69. The largest absolute Gasteiger partial charge is 0.481 e. The van der Waals surface area contributed by atoms with Gasteiger partial charge in [0, 0.05) is 16.9 Å². The maximum atomic E-state index is 12.2. The normalized spacial score (nSPS) is 11.1. The number of thioether (sulfide) groups is 1. The Morgan fingerprint density at radius 1 is 1.32 bits per heavy atom. The smallest absolute Gasteiger partial charge is 0.303 e. The number of carbonyl (C=O) groups is 2. The molecule has 0 atom stereocenters. The third kappa shape index (κ3) is 4.95. The maximum Gasteiger partial charge on any atom is 0.303 e. The highest BCUT2D eigenvalue weighted by atomic mass is 32.2. The Morgan fingerprint density at radius 3 is 2.53 bits per heavy atom. The molecule has 0 fully saturated rings. The number of carboxylic acid groups (broad SMARTS) is 1. The summed E-state index contributed by atoms with van der Waals surface area (Å²) in [5.74, 6) is -1.02. The van der Waals surface area contributed by atoms with Crippen LogP contribution in [0.3, 0.4) is 0 Å². The minimum Gasteiger partial charge on any atom is -0.481 e. The number of amides is 1. The Bertz CT molecular complexity index is 472. The Balaban J connectivity index is 2.75. The van der Waals surface area contributed by atoms with Crippen LogP contribution in [0.4, 0.5) is 0 Å². The Kier molecular flexibility index (Phi) is 5.42. The van der Waals surface area contributed by atoms with Crippen LogP contribution in [-0.4, -0.2) is 28.8 Å². The fraction of sp³-hybridized carbons (Fsp3) is 0.429. The first-order valence-corrected chi connectivity index (χ1v) is 7.25. The molecule has 1 amide bonds. The summed E-state index contributed by atoms with van der Waals surface area (Å²) in [5.41, 5.74) is 0.0828. The number of nitrogens with one attached hydrogen (secondary N) is 1. The number of carboxylic acids is 1. The molecule has 0 aromatic heterocycles. The van der Waals surface area contributed by atoms with Crippen LogP contribution >= 0.6 is 11.8 Å². The Morgan fingerprint density at radius 2 is 1.95 bits per heavy atom. The second-order valence-electron chi connectivity index (χ2n) is 4.93. The van der Waals surface area contributed by atoms with Crippen molar-refractivity contribution in [3.63, 3.8) is 0 Å². The van der Waals surface area contributed by atoms with Crippen LogP contribution in [0.25, 0.3) is 0 Å². The molecule has 0 unspecified atom stereocenters. The molecule has 0 bridgehead atoms. The third-order valence-electron chi connectivity index (χ3n) is 2.77. The van der Waals surface area contributed by atoms with Crippen LogP contribution in [0.15, 0.2) is 29.2 Å². The lowest BCUT2D eigenvalue weighted by Crippen LogP contribution is -2.43. The molecule has 1 aromatic carbocycles. The summed E-state index contributed by atoms with van der Waals surface area (Å²) in [6.45, 7) is 3.66. The summed E-state index contributed by atoms with van der Waals surface area (Å²) in [6.07, 6.45) is 2.36. The summed E-state index contributed by atoms with van der Waals surface area (Å²) in [7, 11) is 0. The number of carbonyl (C=O) groups excluding carboxylic acids is 1. The van der Waals surface area contributed by atoms with Crippen LogP contribution in [0, 0.1) is 0 Å². The number of hydrogen-bond acceptors (Lipinski definition) is 3. The molecule has 0 aliphatic carbocycles. The number of hydrogen-bond donors (Lipinski definition) is 2. The quantitative estimate of drug-likeness (QED) is 0.787. The van der Waals surface area contributed by atoms with E-state index in [0.29, 0.717) is 12.0 Å². The Labute approximate surface area is 117 Å². The van der Waals surface area contributed by atoms with Crippen molar-refractivity contribution in [1.29, 1.82) is 0 Å². The molecule has 0 heterocycles. The molecule has 5 heteroatoms. The standard InChI is InChI=1S/C14H19NO3S/c1-14(2,9-8-12(16)17)15-13(18)10-6-4-5-7-11(10)19-3/h4-7H,8-9H2,1-3H3,(H,15,18)(H,16,17). The van der Waals surface area contributed by atoms with E-state index in [1.54, 1.807) is 6.07 Å². The van der Waals surface area contributed by atoms with Gasteiger partial charge in [-0.05, 0) is 38.7 Å². The van der Waals surface area contributed by atoms with E-state index < -0.39 is 11.5 Å².